The van der Waals surface area contributed by atoms with Crippen molar-refractivity contribution in [1.29, 1.82) is 0 Å². The predicted molar refractivity (Wildman–Crippen MR) is 94.3 cm³/mol. The zero-order valence-corrected chi connectivity index (χ0v) is 15.2. The third-order valence-corrected chi connectivity index (χ3v) is 4.87. The second kappa shape index (κ2) is 14.9. The molecule has 0 fully saturated rings. The Hall–Kier alpha value is -0.0400. The summed E-state index contributed by atoms with van der Waals surface area (Å²) < 4.78 is 0. The zero-order valence-electron chi connectivity index (χ0n) is 15.2. The van der Waals surface area contributed by atoms with E-state index in [4.69, 9.17) is 0 Å². The first-order chi connectivity index (χ1) is 10.2. The smallest absolute Gasteiger partial charge is 0.103 e. The molecule has 0 aromatic heterocycles. The van der Waals surface area contributed by atoms with Crippen molar-refractivity contribution in [3.63, 3.8) is 0 Å². The van der Waals surface area contributed by atoms with Gasteiger partial charge in [0.1, 0.15) is 5.60 Å². The van der Waals surface area contributed by atoms with Gasteiger partial charge in [-0.3, -0.25) is 0 Å². The van der Waals surface area contributed by atoms with E-state index >= 15 is 0 Å². The van der Waals surface area contributed by atoms with Crippen molar-refractivity contribution in [3.8, 4) is 0 Å². The first-order valence-electron chi connectivity index (χ1n) is 9.89. The van der Waals surface area contributed by atoms with Gasteiger partial charge in [-0.15, -0.1) is 0 Å². The molecule has 127 valence electrons. The molecule has 0 rings (SSSR count). The highest BCUT2D eigenvalue weighted by molar-refractivity contribution is 4.76. The summed E-state index contributed by atoms with van der Waals surface area (Å²) in [7, 11) is 0. The van der Waals surface area contributed by atoms with E-state index < -0.39 is 5.60 Å². The molecule has 0 saturated carbocycles. The maximum Gasteiger partial charge on any atom is 0.103 e. The van der Waals surface area contributed by atoms with Crippen LogP contribution in [0.1, 0.15) is 124 Å². The van der Waals surface area contributed by atoms with Crippen LogP contribution in [-0.4, -0.2) is 5.60 Å². The lowest BCUT2D eigenvalue weighted by Crippen LogP contribution is -2.25. The van der Waals surface area contributed by atoms with E-state index in [1.807, 2.05) is 0 Å². The molecular weight excluding hydrogens is 256 g/mol. The van der Waals surface area contributed by atoms with Gasteiger partial charge in [-0.2, -0.15) is 0 Å². The maximum atomic E-state index is 12.7. The van der Waals surface area contributed by atoms with Gasteiger partial charge in [0.25, 0.3) is 0 Å². The van der Waals surface area contributed by atoms with Crippen LogP contribution in [0.15, 0.2) is 0 Å². The monoisotopic (exact) mass is 297 g/mol. The first-order valence-corrected chi connectivity index (χ1v) is 9.89. The van der Waals surface area contributed by atoms with Crippen LogP contribution < -0.4 is 0 Å². The molecule has 21 heavy (non-hydrogen) atoms. The van der Waals surface area contributed by atoms with Gasteiger partial charge in [-0.25, -0.2) is 5.11 Å². The van der Waals surface area contributed by atoms with Crippen LogP contribution in [0.25, 0.3) is 0 Å². The summed E-state index contributed by atoms with van der Waals surface area (Å²) in [5, 5.41) is 12.7. The fourth-order valence-electron chi connectivity index (χ4n) is 3.11. The lowest BCUT2D eigenvalue weighted by molar-refractivity contribution is -0.0504. The van der Waals surface area contributed by atoms with Crippen LogP contribution in [0.5, 0.6) is 0 Å². The predicted octanol–water partition coefficient (Wildman–Crippen LogP) is 7.46. The minimum atomic E-state index is -0.617. The molecule has 1 atom stereocenters. The Morgan fingerprint density at radius 3 is 1.19 bits per heavy atom. The number of hydrogen-bond acceptors (Lipinski definition) is 0. The Morgan fingerprint density at radius 1 is 0.524 bits per heavy atom. The van der Waals surface area contributed by atoms with Gasteiger partial charge >= 0.3 is 0 Å². The molecule has 0 bridgehead atoms. The minimum absolute atomic E-state index is 0.617. The largest absolute Gasteiger partial charge is 0.230 e. The fourth-order valence-corrected chi connectivity index (χ4v) is 3.11. The molecule has 0 N–H and O–H groups in total. The number of rotatable bonds is 16. The molecule has 0 saturated heterocycles. The first kappa shape index (κ1) is 21.0. The van der Waals surface area contributed by atoms with E-state index in [-0.39, 0.29) is 0 Å². The van der Waals surface area contributed by atoms with Crippen molar-refractivity contribution in [2.24, 2.45) is 0 Å². The molecule has 0 aliphatic heterocycles. The van der Waals surface area contributed by atoms with Crippen molar-refractivity contribution in [2.75, 3.05) is 0 Å². The van der Waals surface area contributed by atoms with Gasteiger partial charge in [-0.1, -0.05) is 104 Å². The Kier molecular flexibility index (Phi) is 14.9. The summed E-state index contributed by atoms with van der Waals surface area (Å²) >= 11 is 0. The van der Waals surface area contributed by atoms with Gasteiger partial charge in [0.05, 0.1) is 0 Å². The molecule has 1 nitrogen and oxygen atoms in total. The van der Waals surface area contributed by atoms with Gasteiger partial charge in [0, 0.05) is 0 Å². The molecule has 0 amide bonds. The lowest BCUT2D eigenvalue weighted by Gasteiger charge is -2.24. The van der Waals surface area contributed by atoms with E-state index in [1.165, 1.54) is 70.6 Å². The lowest BCUT2D eigenvalue weighted by atomic mass is 9.87. The van der Waals surface area contributed by atoms with Crippen molar-refractivity contribution in [1.82, 2.24) is 0 Å². The van der Waals surface area contributed by atoms with Crippen LogP contribution in [-0.2, 0) is 5.11 Å². The Morgan fingerprint density at radius 2 is 0.857 bits per heavy atom. The summed E-state index contributed by atoms with van der Waals surface area (Å²) in [6.45, 7) is 6.60. The minimum Gasteiger partial charge on any atom is -0.230 e. The molecule has 1 unspecified atom stereocenters. The Bertz CT molecular complexity index is 202. The highest BCUT2D eigenvalue weighted by atomic mass is 16.3. The maximum absolute atomic E-state index is 12.7. The van der Waals surface area contributed by atoms with Crippen LogP contribution in [0.3, 0.4) is 0 Å². The summed E-state index contributed by atoms with van der Waals surface area (Å²) in [5.41, 5.74) is -0.617. The second-order valence-electron chi connectivity index (χ2n) is 6.93. The molecule has 1 heteroatoms. The van der Waals surface area contributed by atoms with Crippen LogP contribution in [0.2, 0.25) is 0 Å². The van der Waals surface area contributed by atoms with Crippen molar-refractivity contribution < 1.29 is 5.11 Å². The van der Waals surface area contributed by atoms with Gasteiger partial charge in [-0.05, 0) is 19.3 Å². The van der Waals surface area contributed by atoms with E-state index in [0.29, 0.717) is 0 Å². The summed E-state index contributed by atoms with van der Waals surface area (Å²) in [6, 6.07) is 0. The molecule has 0 aliphatic carbocycles. The third-order valence-electron chi connectivity index (χ3n) is 4.87. The standard InChI is InChI=1S/C20H41O/c1-4-7-9-11-13-15-17-19-20(21,6-3)18-16-14-12-10-8-5-2/h4-19H2,1-3H3. The SMILES string of the molecule is CCCCCCCCCC([O])(CC)CCCCCCCC. The van der Waals surface area contributed by atoms with E-state index in [9.17, 15) is 5.11 Å². The van der Waals surface area contributed by atoms with Crippen molar-refractivity contribution in [3.05, 3.63) is 0 Å². The van der Waals surface area contributed by atoms with Gasteiger partial charge in [0.2, 0.25) is 0 Å². The highest BCUT2D eigenvalue weighted by Crippen LogP contribution is 2.27. The Balaban J connectivity index is 3.55. The van der Waals surface area contributed by atoms with Gasteiger partial charge < -0.3 is 0 Å². The van der Waals surface area contributed by atoms with Crippen molar-refractivity contribution >= 4 is 0 Å². The highest BCUT2D eigenvalue weighted by Gasteiger charge is 2.25. The zero-order chi connectivity index (χ0) is 15.8. The topological polar surface area (TPSA) is 19.9 Å². The third kappa shape index (κ3) is 13.4. The second-order valence-corrected chi connectivity index (χ2v) is 6.93. The van der Waals surface area contributed by atoms with Gasteiger partial charge in [0.15, 0.2) is 0 Å². The number of hydrogen-bond donors (Lipinski definition) is 0. The molecular formula is C20H41O. The molecule has 0 aliphatic rings. The molecule has 1 radical (unpaired) electrons. The quantitative estimate of drug-likeness (QED) is 0.263. The molecule has 0 heterocycles. The van der Waals surface area contributed by atoms with Crippen LogP contribution in [0, 0.1) is 0 Å². The van der Waals surface area contributed by atoms with E-state index in [1.54, 1.807) is 0 Å². The fraction of sp³-hybridized carbons (Fsp3) is 1.00. The molecule has 0 aromatic rings. The average Bonchev–Trinajstić information content (AvgIpc) is 2.50. The van der Waals surface area contributed by atoms with Crippen molar-refractivity contribution in [2.45, 2.75) is 129 Å². The summed E-state index contributed by atoms with van der Waals surface area (Å²) in [4.78, 5) is 0. The average molecular weight is 298 g/mol. The van der Waals surface area contributed by atoms with E-state index in [2.05, 4.69) is 20.8 Å². The number of unbranched alkanes of at least 4 members (excludes halogenated alkanes) is 11. The van der Waals surface area contributed by atoms with Crippen LogP contribution >= 0.6 is 0 Å². The summed E-state index contributed by atoms with van der Waals surface area (Å²) in [6.07, 6.45) is 19.6. The molecule has 0 spiro atoms. The molecule has 0 aromatic carbocycles. The summed E-state index contributed by atoms with van der Waals surface area (Å²) in [5.74, 6) is 0. The van der Waals surface area contributed by atoms with E-state index in [0.717, 1.165) is 32.1 Å². The normalized spacial score (nSPS) is 14.3. The Labute approximate surface area is 134 Å². The van der Waals surface area contributed by atoms with Crippen LogP contribution in [0.4, 0.5) is 0 Å².